The van der Waals surface area contributed by atoms with Gasteiger partial charge in [-0.15, -0.1) is 0 Å². The molecule has 2 rings (SSSR count). The van der Waals surface area contributed by atoms with Gasteiger partial charge >= 0.3 is 0 Å². The second-order valence-electron chi connectivity index (χ2n) is 4.53. The Morgan fingerprint density at radius 2 is 1.58 bits per heavy atom. The van der Waals surface area contributed by atoms with E-state index in [1.54, 1.807) is 18.2 Å². The Labute approximate surface area is 119 Å². The molecule has 0 aliphatic rings. The topological polar surface area (TPSA) is 26.0 Å². The van der Waals surface area contributed by atoms with E-state index in [-0.39, 0.29) is 17.7 Å². The van der Waals surface area contributed by atoms with Crippen molar-refractivity contribution in [1.82, 2.24) is 0 Å². The van der Waals surface area contributed by atoms with E-state index in [9.17, 15) is 8.78 Å². The average molecular weight is 326 g/mol. The molecule has 2 aromatic carbocycles. The first-order chi connectivity index (χ1) is 9.04. The molecule has 1 nitrogen and oxygen atoms in total. The third-order valence-corrected chi connectivity index (χ3v) is 3.67. The molecule has 0 amide bonds. The highest BCUT2D eigenvalue weighted by Gasteiger charge is 2.09. The maximum Gasteiger partial charge on any atom is 0.123 e. The van der Waals surface area contributed by atoms with Crippen LogP contribution in [0.15, 0.2) is 46.9 Å². The molecule has 0 aliphatic carbocycles. The van der Waals surface area contributed by atoms with Gasteiger partial charge in [-0.1, -0.05) is 28.1 Å². The zero-order chi connectivity index (χ0) is 13.8. The molecule has 1 unspecified atom stereocenters. The maximum atomic E-state index is 13.2. The highest BCUT2D eigenvalue weighted by molar-refractivity contribution is 9.10. The zero-order valence-corrected chi connectivity index (χ0v) is 11.8. The molecule has 0 radical (unpaired) electrons. The number of rotatable bonds is 4. The van der Waals surface area contributed by atoms with Crippen LogP contribution in [0.2, 0.25) is 0 Å². The van der Waals surface area contributed by atoms with Gasteiger partial charge in [0.2, 0.25) is 0 Å². The van der Waals surface area contributed by atoms with Crippen LogP contribution >= 0.6 is 15.9 Å². The van der Waals surface area contributed by atoms with Crippen LogP contribution in [0.4, 0.5) is 8.78 Å². The molecule has 0 spiro atoms. The van der Waals surface area contributed by atoms with Crippen molar-refractivity contribution in [1.29, 1.82) is 0 Å². The summed E-state index contributed by atoms with van der Waals surface area (Å²) in [5.74, 6) is -0.530. The molecule has 0 aliphatic heterocycles. The van der Waals surface area contributed by atoms with Crippen molar-refractivity contribution in [2.45, 2.75) is 18.9 Å². The molecule has 2 aromatic rings. The average Bonchev–Trinajstić information content (AvgIpc) is 2.37. The van der Waals surface area contributed by atoms with Crippen molar-refractivity contribution in [3.8, 4) is 0 Å². The van der Waals surface area contributed by atoms with Gasteiger partial charge in [-0.05, 0) is 54.3 Å². The molecular formula is C15H14BrF2N. The maximum absolute atomic E-state index is 13.2. The van der Waals surface area contributed by atoms with Gasteiger partial charge in [0, 0.05) is 10.5 Å². The van der Waals surface area contributed by atoms with Crippen LogP contribution in [0, 0.1) is 11.6 Å². The number of benzene rings is 2. The normalized spacial score (nSPS) is 12.4. The van der Waals surface area contributed by atoms with Crippen molar-refractivity contribution in [2.24, 2.45) is 5.73 Å². The number of hydrogen-bond donors (Lipinski definition) is 1. The van der Waals surface area contributed by atoms with E-state index in [1.807, 2.05) is 0 Å². The molecule has 0 saturated carbocycles. The number of hydrogen-bond acceptors (Lipinski definition) is 1. The minimum atomic E-state index is -0.271. The molecule has 4 heteroatoms. The minimum Gasteiger partial charge on any atom is -0.327 e. The first-order valence-corrected chi connectivity index (χ1v) is 6.78. The summed E-state index contributed by atoms with van der Waals surface area (Å²) in [7, 11) is 0. The van der Waals surface area contributed by atoms with E-state index >= 15 is 0 Å². The van der Waals surface area contributed by atoms with Crippen molar-refractivity contribution in [2.75, 3.05) is 0 Å². The number of halogens is 3. The molecule has 19 heavy (non-hydrogen) atoms. The summed E-state index contributed by atoms with van der Waals surface area (Å²) in [5.41, 5.74) is 7.87. The molecule has 0 saturated heterocycles. The summed E-state index contributed by atoms with van der Waals surface area (Å²) in [5, 5.41) is 0. The second-order valence-corrected chi connectivity index (χ2v) is 5.38. The summed E-state index contributed by atoms with van der Waals surface area (Å²) in [4.78, 5) is 0. The van der Waals surface area contributed by atoms with E-state index in [4.69, 9.17) is 5.73 Å². The summed E-state index contributed by atoms with van der Waals surface area (Å²) in [6, 6.07) is 10.7. The van der Waals surface area contributed by atoms with E-state index in [0.29, 0.717) is 12.8 Å². The van der Waals surface area contributed by atoms with Gasteiger partial charge in [0.05, 0.1) is 0 Å². The molecule has 2 N–H and O–H groups in total. The Bertz CT molecular complexity index is 555. The van der Waals surface area contributed by atoms with E-state index in [0.717, 1.165) is 15.6 Å². The van der Waals surface area contributed by atoms with Crippen LogP contribution in [0.3, 0.4) is 0 Å². The first kappa shape index (κ1) is 14.2. The van der Waals surface area contributed by atoms with Gasteiger partial charge in [-0.25, -0.2) is 8.78 Å². The van der Waals surface area contributed by atoms with E-state index in [2.05, 4.69) is 15.9 Å². The third kappa shape index (κ3) is 4.11. The van der Waals surface area contributed by atoms with Gasteiger partial charge in [-0.3, -0.25) is 0 Å². The van der Waals surface area contributed by atoms with Crippen LogP contribution in [0.25, 0.3) is 0 Å². The predicted octanol–water partition coefficient (Wildman–Crippen LogP) is 3.84. The first-order valence-electron chi connectivity index (χ1n) is 5.98. The van der Waals surface area contributed by atoms with E-state index < -0.39 is 0 Å². The number of nitrogens with two attached hydrogens (primary N) is 1. The monoisotopic (exact) mass is 325 g/mol. The van der Waals surface area contributed by atoms with Crippen LogP contribution in [0.1, 0.15) is 11.1 Å². The van der Waals surface area contributed by atoms with Crippen LogP contribution in [-0.2, 0) is 12.8 Å². The van der Waals surface area contributed by atoms with Crippen LogP contribution in [-0.4, -0.2) is 6.04 Å². The Kier molecular flexibility index (Phi) is 4.66. The predicted molar refractivity (Wildman–Crippen MR) is 75.9 cm³/mol. The van der Waals surface area contributed by atoms with Gasteiger partial charge in [0.25, 0.3) is 0 Å². The van der Waals surface area contributed by atoms with Gasteiger partial charge in [-0.2, -0.15) is 0 Å². The highest BCUT2D eigenvalue weighted by Crippen LogP contribution is 2.20. The quantitative estimate of drug-likeness (QED) is 0.908. The van der Waals surface area contributed by atoms with Crippen molar-refractivity contribution < 1.29 is 8.78 Å². The largest absolute Gasteiger partial charge is 0.327 e. The third-order valence-electron chi connectivity index (χ3n) is 2.90. The Morgan fingerprint density at radius 1 is 0.947 bits per heavy atom. The van der Waals surface area contributed by atoms with Crippen LogP contribution < -0.4 is 5.73 Å². The fourth-order valence-electron chi connectivity index (χ4n) is 1.98. The SMILES string of the molecule is NC(Cc1ccc(F)cc1)Cc1cc(F)ccc1Br. The fraction of sp³-hybridized carbons (Fsp3) is 0.200. The van der Waals surface area contributed by atoms with Gasteiger partial charge < -0.3 is 5.73 Å². The molecule has 0 aromatic heterocycles. The summed E-state index contributed by atoms with van der Waals surface area (Å²) >= 11 is 3.38. The summed E-state index contributed by atoms with van der Waals surface area (Å²) in [6.45, 7) is 0. The smallest absolute Gasteiger partial charge is 0.123 e. The van der Waals surface area contributed by atoms with Gasteiger partial charge in [0.1, 0.15) is 11.6 Å². The summed E-state index contributed by atoms with van der Waals surface area (Å²) in [6.07, 6.45) is 1.19. The molecular weight excluding hydrogens is 312 g/mol. The molecule has 0 bridgehead atoms. The molecule has 100 valence electrons. The highest BCUT2D eigenvalue weighted by atomic mass is 79.9. The summed E-state index contributed by atoms with van der Waals surface area (Å²) < 4.78 is 26.8. The molecule has 0 fully saturated rings. The molecule has 1 atom stereocenters. The molecule has 0 heterocycles. The minimum absolute atomic E-state index is 0.136. The lowest BCUT2D eigenvalue weighted by Crippen LogP contribution is -2.25. The van der Waals surface area contributed by atoms with Gasteiger partial charge in [0.15, 0.2) is 0 Å². The lowest BCUT2D eigenvalue weighted by Gasteiger charge is -2.13. The lowest BCUT2D eigenvalue weighted by molar-refractivity contribution is 0.614. The second kappa shape index (κ2) is 6.26. The lowest BCUT2D eigenvalue weighted by atomic mass is 10.00. The standard InChI is InChI=1S/C15H14BrF2N/c16-15-6-5-13(18)8-11(15)9-14(19)7-10-1-3-12(17)4-2-10/h1-6,8,14H,7,9,19H2. The van der Waals surface area contributed by atoms with Crippen molar-refractivity contribution in [3.05, 3.63) is 69.7 Å². The Morgan fingerprint density at radius 3 is 2.26 bits per heavy atom. The van der Waals surface area contributed by atoms with E-state index in [1.165, 1.54) is 24.3 Å². The Balaban J connectivity index is 2.02. The fourth-order valence-corrected chi connectivity index (χ4v) is 2.39. The Hall–Kier alpha value is -1.26. The van der Waals surface area contributed by atoms with Crippen molar-refractivity contribution >= 4 is 15.9 Å². The zero-order valence-electron chi connectivity index (χ0n) is 10.2. The van der Waals surface area contributed by atoms with Crippen LogP contribution in [0.5, 0.6) is 0 Å². The van der Waals surface area contributed by atoms with Crippen molar-refractivity contribution in [3.63, 3.8) is 0 Å².